The highest BCUT2D eigenvalue weighted by Crippen LogP contribution is 2.33. The molecule has 0 fully saturated rings. The Bertz CT molecular complexity index is 2230. The van der Waals surface area contributed by atoms with Gasteiger partial charge in [0.15, 0.2) is 4.80 Å². The van der Waals surface area contributed by atoms with Gasteiger partial charge in [0, 0.05) is 12.1 Å². The molecule has 0 amide bonds. The van der Waals surface area contributed by atoms with E-state index in [1.807, 2.05) is 30.3 Å². The van der Waals surface area contributed by atoms with E-state index in [9.17, 15) is 19.7 Å². The molecule has 1 aliphatic rings. The van der Waals surface area contributed by atoms with Gasteiger partial charge < -0.3 is 9.47 Å². The number of nitro benzene ring substituents is 1. The fraction of sp³-hybridized carbons (Fsp3) is 0.147. The third kappa shape index (κ3) is 6.25. The van der Waals surface area contributed by atoms with Crippen molar-refractivity contribution in [1.29, 1.82) is 0 Å². The van der Waals surface area contributed by atoms with Crippen LogP contribution in [-0.2, 0) is 16.1 Å². The molecule has 1 aliphatic heterocycles. The Kier molecular flexibility index (Phi) is 9.38. The van der Waals surface area contributed by atoms with Crippen LogP contribution in [0.15, 0.2) is 99.9 Å². The van der Waals surface area contributed by atoms with Crippen molar-refractivity contribution < 1.29 is 19.2 Å². The number of benzene rings is 4. The number of carbonyl (C=O) groups excluding carboxylic acids is 1. The lowest BCUT2D eigenvalue weighted by Crippen LogP contribution is -2.40. The van der Waals surface area contributed by atoms with Crippen LogP contribution >= 0.6 is 56.5 Å². The fourth-order valence-electron chi connectivity index (χ4n) is 5.44. The summed E-state index contributed by atoms with van der Waals surface area (Å²) in [4.78, 5) is 43.2. The molecule has 0 saturated carbocycles. The molecule has 12 heteroatoms. The maximum absolute atomic E-state index is 14.0. The number of nitro groups is 1. The summed E-state index contributed by atoms with van der Waals surface area (Å²) in [6.07, 6.45) is 1.79. The zero-order valence-corrected chi connectivity index (χ0v) is 29.7. The Labute approximate surface area is 294 Å². The summed E-state index contributed by atoms with van der Waals surface area (Å²) in [5.41, 5.74) is 2.34. The lowest BCUT2D eigenvalue weighted by atomic mass is 9.95. The average Bonchev–Trinajstić information content (AvgIpc) is 3.33. The van der Waals surface area contributed by atoms with Crippen molar-refractivity contribution in [2.45, 2.75) is 26.5 Å². The highest BCUT2D eigenvalue weighted by atomic mass is 127. The topological polar surface area (TPSA) is 113 Å². The molecule has 0 radical (unpaired) electrons. The molecule has 0 saturated heterocycles. The maximum Gasteiger partial charge on any atom is 0.338 e. The molecule has 4 aromatic carbocycles. The van der Waals surface area contributed by atoms with Gasteiger partial charge in [0.05, 0.1) is 40.5 Å². The van der Waals surface area contributed by atoms with Crippen LogP contribution < -0.4 is 19.6 Å². The first-order valence-corrected chi connectivity index (χ1v) is 17.2. The standard InChI is InChI=1S/C34H25I2N3O6S/c1-3-44-33(41)29-19(2)37-34-38(30(29)22-10-7-12-24(17-22)39(42)43)32(40)28(46-34)16-20-14-26(35)31(27(36)15-20)45-18-23-11-6-9-21-8-4-5-13-25(21)23/h4-17,30H,3,18H2,1-2H3/b28-16+/t30-/m0/s1. The maximum atomic E-state index is 14.0. The van der Waals surface area contributed by atoms with E-state index >= 15 is 0 Å². The summed E-state index contributed by atoms with van der Waals surface area (Å²) in [6.45, 7) is 3.90. The SMILES string of the molecule is CCOC(=O)C1=C(C)N=c2s/c(=C/c3cc(I)c(OCc4cccc5ccccc45)c(I)c3)c(=O)n2[C@H]1c1cccc([N+](=O)[O-])c1. The number of carbonyl (C=O) groups is 1. The van der Waals surface area contributed by atoms with Crippen molar-refractivity contribution in [2.75, 3.05) is 6.61 Å². The van der Waals surface area contributed by atoms with Gasteiger partial charge in [-0.1, -0.05) is 65.9 Å². The minimum atomic E-state index is -0.942. The second kappa shape index (κ2) is 13.5. The van der Waals surface area contributed by atoms with Gasteiger partial charge in [0.1, 0.15) is 12.4 Å². The number of hydrogen-bond acceptors (Lipinski definition) is 8. The Balaban J connectivity index is 1.39. The van der Waals surface area contributed by atoms with Crippen LogP contribution in [0.4, 0.5) is 5.69 Å². The molecule has 9 nitrogen and oxygen atoms in total. The molecule has 2 heterocycles. The van der Waals surface area contributed by atoms with Crippen molar-refractivity contribution in [3.8, 4) is 5.75 Å². The van der Waals surface area contributed by atoms with Crippen LogP contribution in [0, 0.1) is 17.3 Å². The Hall–Kier alpha value is -3.89. The summed E-state index contributed by atoms with van der Waals surface area (Å²) in [5.74, 6) is 0.130. The summed E-state index contributed by atoms with van der Waals surface area (Å²) >= 11 is 5.67. The van der Waals surface area contributed by atoms with Gasteiger partial charge >= 0.3 is 5.97 Å². The van der Waals surface area contributed by atoms with E-state index in [-0.39, 0.29) is 23.4 Å². The number of nitrogens with zero attached hydrogens (tertiary/aromatic N) is 3. The molecule has 0 unspecified atom stereocenters. The lowest BCUT2D eigenvalue weighted by Gasteiger charge is -2.24. The number of aromatic nitrogens is 1. The van der Waals surface area contributed by atoms with Crippen LogP contribution in [-0.4, -0.2) is 22.1 Å². The van der Waals surface area contributed by atoms with E-state index < -0.39 is 16.9 Å². The van der Waals surface area contributed by atoms with Crippen molar-refractivity contribution >= 4 is 85.0 Å². The number of hydrogen-bond donors (Lipinski definition) is 0. The van der Waals surface area contributed by atoms with Gasteiger partial charge in [0.25, 0.3) is 11.2 Å². The first-order valence-electron chi connectivity index (χ1n) is 14.2. The molecule has 46 heavy (non-hydrogen) atoms. The summed E-state index contributed by atoms with van der Waals surface area (Å²) in [7, 11) is 0. The highest BCUT2D eigenvalue weighted by Gasteiger charge is 2.34. The first-order chi connectivity index (χ1) is 22.2. The van der Waals surface area contributed by atoms with Gasteiger partial charge in [-0.3, -0.25) is 19.5 Å². The van der Waals surface area contributed by atoms with Crippen LogP contribution in [0.5, 0.6) is 5.75 Å². The molecule has 5 aromatic rings. The Morgan fingerprint density at radius 3 is 2.52 bits per heavy atom. The number of allylic oxidation sites excluding steroid dienone is 1. The molecular weight excluding hydrogens is 832 g/mol. The Morgan fingerprint density at radius 1 is 1.07 bits per heavy atom. The number of ether oxygens (including phenoxy) is 2. The number of fused-ring (bicyclic) bond motifs is 2. The minimum Gasteiger partial charge on any atom is -0.487 e. The van der Waals surface area contributed by atoms with Crippen molar-refractivity contribution in [3.63, 3.8) is 0 Å². The Morgan fingerprint density at radius 2 is 1.78 bits per heavy atom. The zero-order valence-electron chi connectivity index (χ0n) is 24.5. The van der Waals surface area contributed by atoms with Gasteiger partial charge in [-0.2, -0.15) is 0 Å². The molecular formula is C34H25I2N3O6S. The molecule has 0 spiro atoms. The zero-order chi connectivity index (χ0) is 32.5. The molecule has 0 aliphatic carbocycles. The van der Waals surface area contributed by atoms with E-state index in [1.54, 1.807) is 26.0 Å². The third-order valence-corrected chi connectivity index (χ3v) is 10.1. The number of halogens is 2. The van der Waals surface area contributed by atoms with E-state index in [4.69, 9.17) is 9.47 Å². The van der Waals surface area contributed by atoms with E-state index in [0.29, 0.717) is 27.2 Å². The van der Waals surface area contributed by atoms with Gasteiger partial charge in [-0.25, -0.2) is 9.79 Å². The first kappa shape index (κ1) is 32.1. The predicted octanol–water partition coefficient (Wildman–Crippen LogP) is 6.65. The monoisotopic (exact) mass is 857 g/mol. The van der Waals surface area contributed by atoms with Crippen LogP contribution in [0.1, 0.15) is 36.6 Å². The quantitative estimate of drug-likeness (QED) is 0.0749. The van der Waals surface area contributed by atoms with E-state index in [2.05, 4.69) is 74.4 Å². The number of rotatable bonds is 8. The molecule has 0 bridgehead atoms. The summed E-state index contributed by atoms with van der Waals surface area (Å²) in [6, 6.07) is 23.3. The van der Waals surface area contributed by atoms with Crippen molar-refractivity contribution in [2.24, 2.45) is 4.99 Å². The number of thiazole rings is 1. The largest absolute Gasteiger partial charge is 0.487 e. The second-order valence-corrected chi connectivity index (χ2v) is 13.7. The normalized spacial score (nSPS) is 14.6. The molecule has 1 atom stereocenters. The number of esters is 1. The van der Waals surface area contributed by atoms with Crippen molar-refractivity contribution in [1.82, 2.24) is 4.57 Å². The third-order valence-electron chi connectivity index (χ3n) is 7.48. The lowest BCUT2D eigenvalue weighted by molar-refractivity contribution is -0.384. The minimum absolute atomic E-state index is 0.126. The van der Waals surface area contributed by atoms with Crippen LogP contribution in [0.2, 0.25) is 0 Å². The van der Waals surface area contributed by atoms with E-state index in [1.165, 1.54) is 34.1 Å². The second-order valence-electron chi connectivity index (χ2n) is 10.4. The molecule has 232 valence electrons. The van der Waals surface area contributed by atoms with Crippen LogP contribution in [0.25, 0.3) is 16.8 Å². The van der Waals surface area contributed by atoms with Gasteiger partial charge in [-0.15, -0.1) is 0 Å². The molecule has 0 N–H and O–H groups in total. The smallest absolute Gasteiger partial charge is 0.338 e. The van der Waals surface area contributed by atoms with E-state index in [0.717, 1.165) is 34.8 Å². The van der Waals surface area contributed by atoms with Gasteiger partial charge in [0.2, 0.25) is 0 Å². The van der Waals surface area contributed by atoms with Gasteiger partial charge in [-0.05, 0) is 105 Å². The molecule has 6 rings (SSSR count). The summed E-state index contributed by atoms with van der Waals surface area (Å²) in [5, 5.41) is 13.9. The highest BCUT2D eigenvalue weighted by molar-refractivity contribution is 14.1. The number of non-ortho nitro benzene ring substituents is 1. The average molecular weight is 857 g/mol. The predicted molar refractivity (Wildman–Crippen MR) is 194 cm³/mol. The molecule has 1 aromatic heterocycles. The van der Waals surface area contributed by atoms with Crippen molar-refractivity contribution in [3.05, 3.63) is 144 Å². The fourth-order valence-corrected chi connectivity index (χ4v) is 8.61. The summed E-state index contributed by atoms with van der Waals surface area (Å²) < 4.78 is 15.2. The van der Waals surface area contributed by atoms with Crippen LogP contribution in [0.3, 0.4) is 0 Å².